The molecule has 2 aromatic rings. The fraction of sp³-hybridized carbons (Fsp3) is 0.516. The first-order valence-corrected chi connectivity index (χ1v) is 15.2. The van der Waals surface area contributed by atoms with Gasteiger partial charge < -0.3 is 20.3 Å². The van der Waals surface area contributed by atoms with Crippen molar-refractivity contribution in [2.75, 3.05) is 17.3 Å². The SMILES string of the molecule is CCc1ccc(C(C(=O)Nc2ccccc2C)N(C(=O)C(CCSC)NC(=O)OC(C)(C)C)C2CCC2)cc1. The van der Waals surface area contributed by atoms with Crippen molar-refractivity contribution in [1.29, 1.82) is 0 Å². The largest absolute Gasteiger partial charge is 0.444 e. The predicted octanol–water partition coefficient (Wildman–Crippen LogP) is 6.26. The Morgan fingerprint density at radius 1 is 1.08 bits per heavy atom. The van der Waals surface area contributed by atoms with Crippen LogP contribution in [0.4, 0.5) is 10.5 Å². The molecule has 1 aliphatic rings. The molecule has 39 heavy (non-hydrogen) atoms. The van der Waals surface area contributed by atoms with Gasteiger partial charge in [-0.2, -0.15) is 11.8 Å². The number of thioether (sulfide) groups is 1. The number of benzene rings is 2. The molecular weight excluding hydrogens is 510 g/mol. The van der Waals surface area contributed by atoms with E-state index in [2.05, 4.69) is 17.6 Å². The van der Waals surface area contributed by atoms with Crippen molar-refractivity contribution < 1.29 is 19.1 Å². The van der Waals surface area contributed by atoms with Gasteiger partial charge in [0.05, 0.1) is 0 Å². The zero-order chi connectivity index (χ0) is 28.6. The third kappa shape index (κ3) is 8.49. The number of aryl methyl sites for hydroxylation is 2. The van der Waals surface area contributed by atoms with Crippen LogP contribution in [0.3, 0.4) is 0 Å². The normalized spacial score (nSPS) is 15.0. The number of nitrogens with one attached hydrogen (secondary N) is 2. The highest BCUT2D eigenvalue weighted by Gasteiger charge is 2.42. The van der Waals surface area contributed by atoms with Crippen LogP contribution < -0.4 is 10.6 Å². The number of carbonyl (C=O) groups is 3. The highest BCUT2D eigenvalue weighted by Crippen LogP contribution is 2.35. The van der Waals surface area contributed by atoms with Gasteiger partial charge in [-0.15, -0.1) is 0 Å². The molecule has 0 radical (unpaired) electrons. The van der Waals surface area contributed by atoms with E-state index in [0.29, 0.717) is 17.9 Å². The average Bonchev–Trinajstić information content (AvgIpc) is 2.85. The molecule has 2 unspecified atom stereocenters. The minimum Gasteiger partial charge on any atom is -0.444 e. The maximum atomic E-state index is 14.3. The van der Waals surface area contributed by atoms with Crippen LogP contribution in [0.2, 0.25) is 0 Å². The van der Waals surface area contributed by atoms with Gasteiger partial charge in [0.1, 0.15) is 17.7 Å². The third-order valence-electron chi connectivity index (χ3n) is 6.96. The van der Waals surface area contributed by atoms with E-state index in [1.807, 2.05) is 61.7 Å². The van der Waals surface area contributed by atoms with Gasteiger partial charge in [-0.05, 0) is 94.6 Å². The average molecular weight is 554 g/mol. The Bertz CT molecular complexity index is 1130. The number of nitrogens with zero attached hydrogens (tertiary/aromatic N) is 1. The van der Waals surface area contributed by atoms with Gasteiger partial charge in [-0.3, -0.25) is 9.59 Å². The minimum absolute atomic E-state index is 0.0896. The van der Waals surface area contributed by atoms with Crippen LogP contribution in [-0.4, -0.2) is 52.5 Å². The number of rotatable bonds is 11. The summed E-state index contributed by atoms with van der Waals surface area (Å²) in [5, 5.41) is 5.90. The molecule has 1 saturated carbocycles. The van der Waals surface area contributed by atoms with E-state index in [4.69, 9.17) is 4.74 Å². The number of hydrogen-bond acceptors (Lipinski definition) is 5. The number of amides is 3. The lowest BCUT2D eigenvalue weighted by molar-refractivity contribution is -0.145. The van der Waals surface area contributed by atoms with Crippen molar-refractivity contribution in [3.8, 4) is 0 Å². The Balaban J connectivity index is 2.01. The van der Waals surface area contributed by atoms with Crippen LogP contribution in [0.25, 0.3) is 0 Å². The molecule has 3 rings (SSSR count). The van der Waals surface area contributed by atoms with Crippen LogP contribution in [0, 0.1) is 6.92 Å². The van der Waals surface area contributed by atoms with E-state index in [0.717, 1.165) is 42.4 Å². The Labute approximate surface area is 237 Å². The fourth-order valence-electron chi connectivity index (χ4n) is 4.59. The Hall–Kier alpha value is -3.00. The Morgan fingerprint density at radius 3 is 2.28 bits per heavy atom. The topological polar surface area (TPSA) is 87.7 Å². The third-order valence-corrected chi connectivity index (χ3v) is 7.60. The molecule has 3 amide bonds. The number of alkyl carbamates (subject to hydrolysis) is 1. The first kappa shape index (κ1) is 30.5. The lowest BCUT2D eigenvalue weighted by Gasteiger charge is -2.43. The van der Waals surface area contributed by atoms with Crippen LogP contribution in [-0.2, 0) is 20.7 Å². The standard InChI is InChI=1S/C31H43N3O4S/c1-7-22-15-17-23(18-16-22)27(28(35)32-25-14-9-8-11-21(25)2)34(24-12-10-13-24)29(36)26(19-20-39-6)33-30(37)38-31(3,4)5/h8-9,11,14-18,24,26-27H,7,10,12-13,19-20H2,1-6H3,(H,32,35)(H,33,37). The van der Waals surface area contributed by atoms with E-state index in [9.17, 15) is 14.4 Å². The zero-order valence-corrected chi connectivity index (χ0v) is 24.9. The summed E-state index contributed by atoms with van der Waals surface area (Å²) in [4.78, 5) is 42.8. The van der Waals surface area contributed by atoms with Crippen LogP contribution in [0.1, 0.15) is 76.1 Å². The van der Waals surface area contributed by atoms with Gasteiger partial charge in [-0.1, -0.05) is 49.4 Å². The molecule has 0 aliphatic heterocycles. The summed E-state index contributed by atoms with van der Waals surface area (Å²) >= 11 is 1.60. The molecular formula is C31H43N3O4S. The zero-order valence-electron chi connectivity index (χ0n) is 24.1. The van der Waals surface area contributed by atoms with Crippen molar-refractivity contribution in [2.45, 2.75) is 90.4 Å². The van der Waals surface area contributed by atoms with E-state index < -0.39 is 23.8 Å². The van der Waals surface area contributed by atoms with Gasteiger partial charge >= 0.3 is 6.09 Å². The molecule has 2 aromatic carbocycles. The minimum atomic E-state index is -0.842. The molecule has 8 heteroatoms. The van der Waals surface area contributed by atoms with Crippen molar-refractivity contribution in [1.82, 2.24) is 10.2 Å². The maximum Gasteiger partial charge on any atom is 0.408 e. The van der Waals surface area contributed by atoms with Crippen molar-refractivity contribution in [2.24, 2.45) is 0 Å². The molecule has 0 heterocycles. The Kier molecular flexibility index (Phi) is 10.9. The summed E-state index contributed by atoms with van der Waals surface area (Å²) in [5.41, 5.74) is 2.87. The first-order valence-electron chi connectivity index (χ1n) is 13.8. The highest BCUT2D eigenvalue weighted by molar-refractivity contribution is 7.98. The quantitative estimate of drug-likeness (QED) is 0.343. The van der Waals surface area contributed by atoms with Crippen LogP contribution in [0.15, 0.2) is 48.5 Å². The van der Waals surface area contributed by atoms with E-state index in [1.54, 1.807) is 37.4 Å². The predicted molar refractivity (Wildman–Crippen MR) is 159 cm³/mol. The number of carbonyl (C=O) groups excluding carboxylic acids is 3. The summed E-state index contributed by atoms with van der Waals surface area (Å²) in [5.74, 6) is 0.148. The van der Waals surface area contributed by atoms with Gasteiger partial charge in [-0.25, -0.2) is 4.79 Å². The van der Waals surface area contributed by atoms with Crippen LogP contribution in [0.5, 0.6) is 0 Å². The first-order chi connectivity index (χ1) is 18.5. The molecule has 0 bridgehead atoms. The molecule has 0 saturated heterocycles. The molecule has 1 fully saturated rings. The van der Waals surface area contributed by atoms with Crippen molar-refractivity contribution in [3.05, 3.63) is 65.2 Å². The maximum absolute atomic E-state index is 14.3. The molecule has 7 nitrogen and oxygen atoms in total. The number of para-hydroxylation sites is 1. The number of anilines is 1. The number of ether oxygens (including phenoxy) is 1. The van der Waals surface area contributed by atoms with E-state index >= 15 is 0 Å². The highest BCUT2D eigenvalue weighted by atomic mass is 32.2. The van der Waals surface area contributed by atoms with Crippen molar-refractivity contribution >= 4 is 35.4 Å². The second-order valence-corrected chi connectivity index (χ2v) is 12.1. The lowest BCUT2D eigenvalue weighted by Crippen LogP contribution is -2.57. The molecule has 0 aromatic heterocycles. The second-order valence-electron chi connectivity index (χ2n) is 11.1. The van der Waals surface area contributed by atoms with Gasteiger partial charge in [0, 0.05) is 11.7 Å². The summed E-state index contributed by atoms with van der Waals surface area (Å²) in [6, 6.07) is 13.8. The lowest BCUT2D eigenvalue weighted by atomic mass is 9.87. The molecule has 0 spiro atoms. The number of hydrogen-bond donors (Lipinski definition) is 2. The van der Waals surface area contributed by atoms with Gasteiger partial charge in [0.2, 0.25) is 5.91 Å². The van der Waals surface area contributed by atoms with Crippen LogP contribution >= 0.6 is 11.8 Å². The summed E-state index contributed by atoms with van der Waals surface area (Å²) in [6.07, 6.45) is 5.26. The summed E-state index contributed by atoms with van der Waals surface area (Å²) in [7, 11) is 0. The van der Waals surface area contributed by atoms with Gasteiger partial charge in [0.25, 0.3) is 5.91 Å². The Morgan fingerprint density at radius 2 is 1.74 bits per heavy atom. The monoisotopic (exact) mass is 553 g/mol. The summed E-state index contributed by atoms with van der Waals surface area (Å²) < 4.78 is 5.48. The van der Waals surface area contributed by atoms with Gasteiger partial charge in [0.15, 0.2) is 0 Å². The molecule has 2 atom stereocenters. The molecule has 1 aliphatic carbocycles. The second kappa shape index (κ2) is 13.9. The van der Waals surface area contributed by atoms with Crippen molar-refractivity contribution in [3.63, 3.8) is 0 Å². The van der Waals surface area contributed by atoms with E-state index in [1.165, 1.54) is 0 Å². The molecule has 212 valence electrons. The smallest absolute Gasteiger partial charge is 0.408 e. The fourth-order valence-corrected chi connectivity index (χ4v) is 5.07. The summed E-state index contributed by atoms with van der Waals surface area (Å²) in [6.45, 7) is 9.40. The molecule has 2 N–H and O–H groups in total. The van der Waals surface area contributed by atoms with E-state index in [-0.39, 0.29) is 17.9 Å².